The zero-order valence-corrected chi connectivity index (χ0v) is 16.9. The van der Waals surface area contributed by atoms with E-state index in [-0.39, 0.29) is 12.3 Å². The van der Waals surface area contributed by atoms with Gasteiger partial charge in [-0.15, -0.1) is 0 Å². The predicted octanol–water partition coefficient (Wildman–Crippen LogP) is 1.79. The van der Waals surface area contributed by atoms with Gasteiger partial charge in [0, 0.05) is 0 Å². The van der Waals surface area contributed by atoms with Crippen molar-refractivity contribution < 1.29 is 28.3 Å². The standard InChI is InChI=1S/C18H20BrN3O6/c1-3-26-12-4-6-13(7-5-12)27-11(2)17(24)22-21-16(23)10-20-18(25)14-8-9-15(19)28-14/h4-9,11H,3,10H2,1-2H3,(H,20,25)(H,21,23)(H,22,24). The van der Waals surface area contributed by atoms with Crippen LogP contribution in [0, 0.1) is 0 Å². The van der Waals surface area contributed by atoms with Crippen LogP contribution in [0.4, 0.5) is 0 Å². The van der Waals surface area contributed by atoms with Crippen molar-refractivity contribution in [2.75, 3.05) is 13.2 Å². The molecule has 28 heavy (non-hydrogen) atoms. The molecule has 1 aromatic carbocycles. The number of benzene rings is 1. The molecule has 2 rings (SSSR count). The van der Waals surface area contributed by atoms with Gasteiger partial charge in [-0.25, -0.2) is 0 Å². The summed E-state index contributed by atoms with van der Waals surface area (Å²) in [5, 5.41) is 2.36. The van der Waals surface area contributed by atoms with Crippen LogP contribution in [0.3, 0.4) is 0 Å². The maximum atomic E-state index is 12.0. The molecule has 10 heteroatoms. The van der Waals surface area contributed by atoms with E-state index in [9.17, 15) is 14.4 Å². The van der Waals surface area contributed by atoms with Crippen LogP contribution in [0.25, 0.3) is 0 Å². The molecular weight excluding hydrogens is 434 g/mol. The van der Waals surface area contributed by atoms with E-state index in [1.165, 1.54) is 13.0 Å². The van der Waals surface area contributed by atoms with Gasteiger partial charge < -0.3 is 19.2 Å². The van der Waals surface area contributed by atoms with Gasteiger partial charge in [-0.1, -0.05) is 0 Å². The van der Waals surface area contributed by atoms with Crippen LogP contribution in [-0.2, 0) is 9.59 Å². The maximum absolute atomic E-state index is 12.0. The lowest BCUT2D eigenvalue weighted by molar-refractivity contribution is -0.132. The van der Waals surface area contributed by atoms with Crippen molar-refractivity contribution in [1.82, 2.24) is 16.2 Å². The summed E-state index contributed by atoms with van der Waals surface area (Å²) in [6, 6.07) is 9.82. The fourth-order valence-electron chi connectivity index (χ4n) is 2.00. The number of carbonyl (C=O) groups is 3. The highest BCUT2D eigenvalue weighted by atomic mass is 79.9. The van der Waals surface area contributed by atoms with E-state index in [1.54, 1.807) is 30.3 Å². The molecule has 1 heterocycles. The Morgan fingerprint density at radius 3 is 2.36 bits per heavy atom. The van der Waals surface area contributed by atoms with E-state index in [0.717, 1.165) is 0 Å². The van der Waals surface area contributed by atoms with E-state index >= 15 is 0 Å². The number of rotatable bonds is 8. The Bertz CT molecular complexity index is 821. The number of carbonyl (C=O) groups excluding carboxylic acids is 3. The summed E-state index contributed by atoms with van der Waals surface area (Å²) in [4.78, 5) is 35.5. The topological polar surface area (TPSA) is 119 Å². The average molecular weight is 454 g/mol. The second kappa shape index (κ2) is 10.4. The molecule has 0 saturated heterocycles. The summed E-state index contributed by atoms with van der Waals surface area (Å²) in [5.74, 6) is -0.484. The molecule has 0 bridgehead atoms. The Morgan fingerprint density at radius 2 is 1.75 bits per heavy atom. The van der Waals surface area contributed by atoms with Crippen molar-refractivity contribution >= 4 is 33.7 Å². The highest BCUT2D eigenvalue weighted by Crippen LogP contribution is 2.18. The molecule has 150 valence electrons. The van der Waals surface area contributed by atoms with Crippen molar-refractivity contribution in [2.45, 2.75) is 20.0 Å². The zero-order valence-electron chi connectivity index (χ0n) is 15.3. The Kier molecular flexibility index (Phi) is 7.88. The highest BCUT2D eigenvalue weighted by Gasteiger charge is 2.16. The smallest absolute Gasteiger partial charge is 0.287 e. The lowest BCUT2D eigenvalue weighted by Crippen LogP contribution is -2.50. The van der Waals surface area contributed by atoms with Crippen molar-refractivity contribution in [3.05, 3.63) is 46.8 Å². The predicted molar refractivity (Wildman–Crippen MR) is 103 cm³/mol. The molecule has 0 fully saturated rings. The van der Waals surface area contributed by atoms with Gasteiger partial charge in [0.05, 0.1) is 13.2 Å². The first-order chi connectivity index (χ1) is 13.4. The Labute approximate surface area is 169 Å². The quantitative estimate of drug-likeness (QED) is 0.524. The van der Waals surface area contributed by atoms with Gasteiger partial charge in [-0.05, 0) is 66.2 Å². The molecule has 0 aliphatic carbocycles. The van der Waals surface area contributed by atoms with Gasteiger partial charge in [0.25, 0.3) is 17.7 Å². The first-order valence-electron chi connectivity index (χ1n) is 8.40. The molecule has 0 saturated carbocycles. The first kappa shape index (κ1) is 21.3. The second-order valence-electron chi connectivity index (χ2n) is 5.49. The molecule has 3 amide bonds. The summed E-state index contributed by atoms with van der Waals surface area (Å²) in [7, 11) is 0. The van der Waals surface area contributed by atoms with Gasteiger partial charge >= 0.3 is 0 Å². The number of hydrogen-bond donors (Lipinski definition) is 3. The third kappa shape index (κ3) is 6.62. The number of ether oxygens (including phenoxy) is 2. The summed E-state index contributed by atoms with van der Waals surface area (Å²) in [6.45, 7) is 3.63. The van der Waals surface area contributed by atoms with Crippen molar-refractivity contribution in [3.63, 3.8) is 0 Å². The maximum Gasteiger partial charge on any atom is 0.287 e. The van der Waals surface area contributed by atoms with Crippen LogP contribution in [0.2, 0.25) is 0 Å². The third-order valence-electron chi connectivity index (χ3n) is 3.35. The lowest BCUT2D eigenvalue weighted by Gasteiger charge is -2.15. The van der Waals surface area contributed by atoms with E-state index in [4.69, 9.17) is 13.9 Å². The first-order valence-corrected chi connectivity index (χ1v) is 9.20. The number of nitrogens with one attached hydrogen (secondary N) is 3. The number of halogens is 1. The zero-order chi connectivity index (χ0) is 20.5. The summed E-state index contributed by atoms with van der Waals surface area (Å²) >= 11 is 3.08. The largest absolute Gasteiger partial charge is 0.494 e. The van der Waals surface area contributed by atoms with Crippen LogP contribution >= 0.6 is 15.9 Å². The monoisotopic (exact) mass is 453 g/mol. The van der Waals surface area contributed by atoms with Crippen molar-refractivity contribution in [3.8, 4) is 11.5 Å². The molecule has 0 radical (unpaired) electrons. The van der Waals surface area contributed by atoms with Crippen LogP contribution in [0.15, 0.2) is 45.5 Å². The number of hydrogen-bond acceptors (Lipinski definition) is 6. The van der Waals surface area contributed by atoms with Crippen LogP contribution in [-0.4, -0.2) is 37.0 Å². The molecule has 0 aliphatic heterocycles. The van der Waals surface area contributed by atoms with E-state index < -0.39 is 23.8 Å². The van der Waals surface area contributed by atoms with E-state index in [0.29, 0.717) is 22.8 Å². The van der Waals surface area contributed by atoms with Crippen molar-refractivity contribution in [2.24, 2.45) is 0 Å². The van der Waals surface area contributed by atoms with Gasteiger partial charge in [0.2, 0.25) is 0 Å². The SMILES string of the molecule is CCOc1ccc(OC(C)C(=O)NNC(=O)CNC(=O)c2ccc(Br)o2)cc1. The fraction of sp³-hybridized carbons (Fsp3) is 0.278. The van der Waals surface area contributed by atoms with Crippen LogP contribution < -0.4 is 25.6 Å². The molecule has 1 unspecified atom stereocenters. The van der Waals surface area contributed by atoms with Gasteiger partial charge in [0.15, 0.2) is 16.5 Å². The lowest BCUT2D eigenvalue weighted by atomic mass is 10.3. The van der Waals surface area contributed by atoms with E-state index in [2.05, 4.69) is 32.1 Å². The molecule has 3 N–H and O–H groups in total. The minimum Gasteiger partial charge on any atom is -0.494 e. The normalized spacial score (nSPS) is 11.2. The minimum atomic E-state index is -0.853. The highest BCUT2D eigenvalue weighted by molar-refractivity contribution is 9.10. The van der Waals surface area contributed by atoms with E-state index in [1.807, 2.05) is 6.92 Å². The summed E-state index contributed by atoms with van der Waals surface area (Å²) in [6.07, 6.45) is -0.853. The van der Waals surface area contributed by atoms with Crippen LogP contribution in [0.5, 0.6) is 11.5 Å². The number of hydrazine groups is 1. The number of amides is 3. The molecule has 1 atom stereocenters. The molecule has 0 aliphatic rings. The van der Waals surface area contributed by atoms with Crippen LogP contribution in [0.1, 0.15) is 24.4 Å². The molecule has 0 spiro atoms. The summed E-state index contributed by atoms with van der Waals surface area (Å²) in [5.41, 5.74) is 4.43. The Morgan fingerprint density at radius 1 is 1.07 bits per heavy atom. The Balaban J connectivity index is 1.71. The average Bonchev–Trinajstić information content (AvgIpc) is 3.12. The minimum absolute atomic E-state index is 0.0566. The molecule has 1 aromatic heterocycles. The second-order valence-corrected chi connectivity index (χ2v) is 6.27. The molecule has 9 nitrogen and oxygen atoms in total. The van der Waals surface area contributed by atoms with Crippen molar-refractivity contribution in [1.29, 1.82) is 0 Å². The van der Waals surface area contributed by atoms with Gasteiger partial charge in [-0.2, -0.15) is 0 Å². The third-order valence-corrected chi connectivity index (χ3v) is 3.77. The molecular formula is C18H20BrN3O6. The summed E-state index contributed by atoms with van der Waals surface area (Å²) < 4.78 is 16.3. The fourth-order valence-corrected chi connectivity index (χ4v) is 2.31. The number of furan rings is 1. The van der Waals surface area contributed by atoms with Gasteiger partial charge in [-0.3, -0.25) is 25.2 Å². The Hall–Kier alpha value is -3.01. The molecule has 2 aromatic rings. The van der Waals surface area contributed by atoms with Gasteiger partial charge in [0.1, 0.15) is 11.5 Å².